The van der Waals surface area contributed by atoms with Gasteiger partial charge in [0.1, 0.15) is 11.7 Å². The summed E-state index contributed by atoms with van der Waals surface area (Å²) >= 11 is 0. The summed E-state index contributed by atoms with van der Waals surface area (Å²) in [4.78, 5) is 25.0. The first kappa shape index (κ1) is 14.3. The van der Waals surface area contributed by atoms with E-state index in [1.807, 2.05) is 0 Å². The van der Waals surface area contributed by atoms with Crippen LogP contribution in [0.1, 0.15) is 41.0 Å². The highest BCUT2D eigenvalue weighted by Crippen LogP contribution is 2.33. The van der Waals surface area contributed by atoms with Crippen LogP contribution in [0.4, 0.5) is 4.79 Å². The highest BCUT2D eigenvalue weighted by Gasteiger charge is 2.48. The number of ether oxygens (including phenoxy) is 3. The molecule has 0 spiro atoms. The molecule has 2 aliphatic rings. The number of carbonyl (C=O) groups is 2. The number of fused-ring (bicyclic) bond motifs is 1. The Morgan fingerprint density at radius 2 is 1.89 bits per heavy atom. The predicted octanol–water partition coefficient (Wildman–Crippen LogP) is 1.67. The van der Waals surface area contributed by atoms with E-state index in [0.29, 0.717) is 0 Å². The number of imide groups is 1. The molecule has 2 aliphatic heterocycles. The van der Waals surface area contributed by atoms with Crippen LogP contribution in [0.3, 0.4) is 0 Å². The lowest BCUT2D eigenvalue weighted by Crippen LogP contribution is -2.52. The van der Waals surface area contributed by atoms with Crippen LogP contribution < -0.4 is 0 Å². The number of hydrogen-bond donors (Lipinski definition) is 0. The fourth-order valence-electron chi connectivity index (χ4n) is 2.29. The van der Waals surface area contributed by atoms with Crippen molar-refractivity contribution < 1.29 is 23.8 Å². The monoisotopic (exact) mass is 271 g/mol. The van der Waals surface area contributed by atoms with Crippen LogP contribution in [0.15, 0.2) is 0 Å². The van der Waals surface area contributed by atoms with Gasteiger partial charge in [0.15, 0.2) is 5.79 Å². The Morgan fingerprint density at radius 3 is 2.47 bits per heavy atom. The smallest absolute Gasteiger partial charge is 0.417 e. The van der Waals surface area contributed by atoms with E-state index in [2.05, 4.69) is 0 Å². The molecule has 0 N–H and O–H groups in total. The minimum atomic E-state index is -0.709. The van der Waals surface area contributed by atoms with E-state index in [9.17, 15) is 9.59 Å². The second-order valence-corrected chi connectivity index (χ2v) is 6.40. The minimum Gasteiger partial charge on any atom is -0.443 e. The van der Waals surface area contributed by atoms with Crippen molar-refractivity contribution >= 4 is 12.0 Å². The Labute approximate surface area is 113 Å². The molecular formula is C13H21NO5. The third-order valence-electron chi connectivity index (χ3n) is 2.94. The van der Waals surface area contributed by atoms with Gasteiger partial charge in [-0.3, -0.25) is 4.79 Å². The molecule has 2 atom stereocenters. The molecule has 2 fully saturated rings. The number of carbonyl (C=O) groups excluding carboxylic acids is 2. The highest BCUT2D eigenvalue weighted by atomic mass is 16.8. The van der Waals surface area contributed by atoms with Gasteiger partial charge in [0.05, 0.1) is 19.1 Å². The summed E-state index contributed by atoms with van der Waals surface area (Å²) in [5, 5.41) is 0. The van der Waals surface area contributed by atoms with Crippen LogP contribution >= 0.6 is 0 Å². The Balaban J connectivity index is 2.05. The third-order valence-corrected chi connectivity index (χ3v) is 2.94. The molecule has 0 unspecified atom stereocenters. The van der Waals surface area contributed by atoms with Crippen LogP contribution in [0.25, 0.3) is 0 Å². The highest BCUT2D eigenvalue weighted by molar-refractivity contribution is 5.93. The van der Waals surface area contributed by atoms with Gasteiger partial charge < -0.3 is 14.2 Å². The zero-order valence-corrected chi connectivity index (χ0v) is 12.1. The molecule has 108 valence electrons. The lowest BCUT2D eigenvalue weighted by atomic mass is 10.1. The van der Waals surface area contributed by atoms with Crippen molar-refractivity contribution in [3.63, 3.8) is 0 Å². The maximum Gasteiger partial charge on any atom is 0.417 e. The molecule has 0 radical (unpaired) electrons. The summed E-state index contributed by atoms with van der Waals surface area (Å²) in [6.45, 7) is 9.07. The molecule has 0 bridgehead atoms. The number of rotatable bonds is 0. The maximum atomic E-state index is 12.0. The molecule has 0 aliphatic carbocycles. The van der Waals surface area contributed by atoms with Gasteiger partial charge in [-0.15, -0.1) is 0 Å². The Hall–Kier alpha value is -1.14. The van der Waals surface area contributed by atoms with Crippen molar-refractivity contribution in [2.75, 3.05) is 6.54 Å². The zero-order valence-electron chi connectivity index (χ0n) is 12.1. The third kappa shape index (κ3) is 3.25. The van der Waals surface area contributed by atoms with Gasteiger partial charge in [-0.1, -0.05) is 0 Å². The summed E-state index contributed by atoms with van der Waals surface area (Å²) in [5.41, 5.74) is -0.624. The number of hydrogen-bond acceptors (Lipinski definition) is 5. The fraction of sp³-hybridized carbons (Fsp3) is 0.846. The average molecular weight is 271 g/mol. The van der Waals surface area contributed by atoms with Crippen LogP contribution in [0.5, 0.6) is 0 Å². The van der Waals surface area contributed by atoms with Crippen molar-refractivity contribution in [3.8, 4) is 0 Å². The molecule has 6 heteroatoms. The zero-order chi connectivity index (χ0) is 14.4. The molecule has 0 aromatic carbocycles. The first-order valence-electron chi connectivity index (χ1n) is 6.46. The molecule has 19 heavy (non-hydrogen) atoms. The first-order chi connectivity index (χ1) is 8.57. The van der Waals surface area contributed by atoms with Gasteiger partial charge >= 0.3 is 6.09 Å². The SMILES string of the molecule is CC(C)(C)OC(=O)N1C[C@H]2OC(C)(C)O[C@H]2CC1=O. The van der Waals surface area contributed by atoms with Gasteiger partial charge in [-0.2, -0.15) is 0 Å². The lowest BCUT2D eigenvalue weighted by Gasteiger charge is -2.32. The van der Waals surface area contributed by atoms with Gasteiger partial charge in [-0.25, -0.2) is 9.69 Å². The Bertz CT molecular complexity index is 398. The van der Waals surface area contributed by atoms with Crippen molar-refractivity contribution in [1.29, 1.82) is 0 Å². The van der Waals surface area contributed by atoms with Gasteiger partial charge in [0, 0.05) is 0 Å². The first-order valence-corrected chi connectivity index (χ1v) is 6.46. The fourth-order valence-corrected chi connectivity index (χ4v) is 2.29. The van der Waals surface area contributed by atoms with Crippen LogP contribution in [0, 0.1) is 0 Å². The van der Waals surface area contributed by atoms with Crippen molar-refractivity contribution in [1.82, 2.24) is 4.90 Å². The normalized spacial score (nSPS) is 30.2. The van der Waals surface area contributed by atoms with E-state index in [1.165, 1.54) is 0 Å². The molecule has 0 aromatic heterocycles. The summed E-state index contributed by atoms with van der Waals surface area (Å²) in [6.07, 6.45) is -1.03. The standard InChI is InChI=1S/C13H21NO5/c1-12(2,3)19-11(16)14-7-9-8(6-10(14)15)17-13(4,5)18-9/h8-9H,6-7H2,1-5H3/t8-,9+/m0/s1. The van der Waals surface area contributed by atoms with Crippen molar-refractivity contribution in [2.45, 2.75) is 64.6 Å². The van der Waals surface area contributed by atoms with Crippen LogP contribution in [-0.4, -0.2) is 47.0 Å². The number of amides is 2. The lowest BCUT2D eigenvalue weighted by molar-refractivity contribution is -0.145. The predicted molar refractivity (Wildman–Crippen MR) is 66.4 cm³/mol. The van der Waals surface area contributed by atoms with Crippen LogP contribution in [0.2, 0.25) is 0 Å². The Kier molecular flexibility index (Phi) is 3.35. The summed E-state index contributed by atoms with van der Waals surface area (Å²) in [5.74, 6) is -0.990. The number of nitrogens with zero attached hydrogens (tertiary/aromatic N) is 1. The van der Waals surface area contributed by atoms with E-state index < -0.39 is 17.5 Å². The summed E-state index contributed by atoms with van der Waals surface area (Å²) in [6, 6.07) is 0. The van der Waals surface area contributed by atoms with E-state index in [4.69, 9.17) is 14.2 Å². The largest absolute Gasteiger partial charge is 0.443 e. The average Bonchev–Trinajstić information content (AvgIpc) is 2.46. The maximum absolute atomic E-state index is 12.0. The molecule has 2 heterocycles. The van der Waals surface area contributed by atoms with Gasteiger partial charge in [-0.05, 0) is 34.6 Å². The second-order valence-electron chi connectivity index (χ2n) is 6.40. The van der Waals surface area contributed by atoms with E-state index in [0.717, 1.165) is 4.90 Å². The quantitative estimate of drug-likeness (QED) is 0.670. The van der Waals surface area contributed by atoms with Crippen molar-refractivity contribution in [2.24, 2.45) is 0 Å². The topological polar surface area (TPSA) is 65.1 Å². The summed E-state index contributed by atoms with van der Waals surface area (Å²) in [7, 11) is 0. The molecule has 2 saturated heterocycles. The number of likely N-dealkylation sites (tertiary alicyclic amines) is 1. The molecule has 0 aromatic rings. The molecule has 0 saturated carbocycles. The minimum absolute atomic E-state index is 0.146. The van der Waals surface area contributed by atoms with Gasteiger partial charge in [0.25, 0.3) is 0 Å². The van der Waals surface area contributed by atoms with Gasteiger partial charge in [0.2, 0.25) is 5.91 Å². The van der Waals surface area contributed by atoms with E-state index in [1.54, 1.807) is 34.6 Å². The molecule has 2 amide bonds. The molecule has 2 rings (SSSR count). The van der Waals surface area contributed by atoms with E-state index >= 15 is 0 Å². The second kappa shape index (κ2) is 4.45. The summed E-state index contributed by atoms with van der Waals surface area (Å²) < 4.78 is 16.5. The molecule has 6 nitrogen and oxygen atoms in total. The molecular weight excluding hydrogens is 250 g/mol. The number of piperidine rings is 1. The Morgan fingerprint density at radius 1 is 1.32 bits per heavy atom. The van der Waals surface area contributed by atoms with Crippen molar-refractivity contribution in [3.05, 3.63) is 0 Å². The van der Waals surface area contributed by atoms with Crippen LogP contribution in [-0.2, 0) is 19.0 Å². The van der Waals surface area contributed by atoms with E-state index in [-0.39, 0.29) is 31.1 Å².